The lowest BCUT2D eigenvalue weighted by atomic mass is 9.70. The Morgan fingerprint density at radius 1 is 1.12 bits per heavy atom. The van der Waals surface area contributed by atoms with E-state index in [4.69, 9.17) is 4.74 Å². The number of hydrogen-bond donors (Lipinski definition) is 1. The SMILES string of the molecule is COc1ccc2c3c(n(C)c2c1)[C@@H](CO)N(Cc1ccccc1)CC31CN(S(C)(=O)=O)C1. The fourth-order valence-electron chi connectivity index (χ4n) is 5.57. The molecule has 32 heavy (non-hydrogen) atoms. The van der Waals surface area contributed by atoms with Crippen LogP contribution in [0.3, 0.4) is 0 Å². The zero-order valence-corrected chi connectivity index (χ0v) is 19.5. The minimum absolute atomic E-state index is 0.00694. The first kappa shape index (κ1) is 21.5. The van der Waals surface area contributed by atoms with Gasteiger partial charge in [0.25, 0.3) is 0 Å². The molecular formula is C24H29N3O4S. The molecule has 2 aliphatic heterocycles. The quantitative estimate of drug-likeness (QED) is 0.639. The van der Waals surface area contributed by atoms with Crippen LogP contribution in [0, 0.1) is 0 Å². The molecule has 0 unspecified atom stereocenters. The van der Waals surface area contributed by atoms with E-state index in [9.17, 15) is 13.5 Å². The minimum Gasteiger partial charge on any atom is -0.497 e. The molecule has 1 spiro atoms. The van der Waals surface area contributed by atoms with E-state index in [0.717, 1.165) is 22.3 Å². The molecule has 2 aliphatic rings. The predicted molar refractivity (Wildman–Crippen MR) is 124 cm³/mol. The van der Waals surface area contributed by atoms with Crippen molar-refractivity contribution in [2.75, 3.05) is 39.6 Å². The highest BCUT2D eigenvalue weighted by Gasteiger charge is 2.55. The lowest BCUT2D eigenvalue weighted by Gasteiger charge is -2.55. The summed E-state index contributed by atoms with van der Waals surface area (Å²) < 4.78 is 33.7. The molecule has 0 amide bonds. The van der Waals surface area contributed by atoms with Gasteiger partial charge in [-0.3, -0.25) is 4.90 Å². The Kier molecular flexibility index (Phi) is 5.09. The zero-order chi connectivity index (χ0) is 22.7. The molecule has 3 heterocycles. The lowest BCUT2D eigenvalue weighted by Crippen LogP contribution is -2.67. The van der Waals surface area contributed by atoms with Crippen LogP contribution in [0.1, 0.15) is 22.9 Å². The van der Waals surface area contributed by atoms with Crippen molar-refractivity contribution in [1.29, 1.82) is 0 Å². The first-order valence-electron chi connectivity index (χ1n) is 10.8. The Morgan fingerprint density at radius 2 is 1.84 bits per heavy atom. The summed E-state index contributed by atoms with van der Waals surface area (Å²) >= 11 is 0. The Morgan fingerprint density at radius 3 is 2.47 bits per heavy atom. The molecule has 0 aliphatic carbocycles. The van der Waals surface area contributed by atoms with Gasteiger partial charge < -0.3 is 14.4 Å². The van der Waals surface area contributed by atoms with Gasteiger partial charge in [-0.1, -0.05) is 30.3 Å². The van der Waals surface area contributed by atoms with Crippen LogP contribution >= 0.6 is 0 Å². The first-order valence-corrected chi connectivity index (χ1v) is 12.6. The number of hydrogen-bond acceptors (Lipinski definition) is 5. The molecule has 0 saturated carbocycles. The number of aromatic nitrogens is 1. The average molecular weight is 456 g/mol. The molecule has 170 valence electrons. The summed E-state index contributed by atoms with van der Waals surface area (Å²) in [5.41, 5.74) is 4.12. The molecule has 8 heteroatoms. The van der Waals surface area contributed by atoms with Crippen molar-refractivity contribution in [2.45, 2.75) is 18.0 Å². The molecule has 1 saturated heterocycles. The summed E-state index contributed by atoms with van der Waals surface area (Å²) in [4.78, 5) is 2.30. The van der Waals surface area contributed by atoms with Crippen molar-refractivity contribution >= 4 is 20.9 Å². The maximum atomic E-state index is 12.2. The Hall–Kier alpha value is -2.39. The monoisotopic (exact) mass is 455 g/mol. The van der Waals surface area contributed by atoms with Gasteiger partial charge in [0.1, 0.15) is 5.75 Å². The summed E-state index contributed by atoms with van der Waals surface area (Å²) in [6.07, 6.45) is 1.27. The molecule has 2 aromatic carbocycles. The van der Waals surface area contributed by atoms with Crippen molar-refractivity contribution in [1.82, 2.24) is 13.8 Å². The Balaban J connectivity index is 1.67. The molecule has 0 radical (unpaired) electrons. The maximum Gasteiger partial charge on any atom is 0.211 e. The maximum absolute atomic E-state index is 12.2. The number of benzene rings is 2. The number of nitrogens with zero attached hydrogens (tertiary/aromatic N) is 3. The van der Waals surface area contributed by atoms with Gasteiger partial charge in [-0.2, -0.15) is 0 Å². The van der Waals surface area contributed by atoms with Crippen molar-refractivity contribution in [3.8, 4) is 5.75 Å². The number of rotatable bonds is 5. The number of fused-ring (bicyclic) bond motifs is 4. The van der Waals surface area contributed by atoms with E-state index in [0.29, 0.717) is 26.2 Å². The van der Waals surface area contributed by atoms with Gasteiger partial charge in [-0.25, -0.2) is 12.7 Å². The van der Waals surface area contributed by atoms with Crippen LogP contribution in [0.4, 0.5) is 0 Å². The summed E-state index contributed by atoms with van der Waals surface area (Å²) in [6, 6.07) is 16.1. The Labute approximate surface area is 188 Å². The average Bonchev–Trinajstić information content (AvgIpc) is 3.04. The smallest absolute Gasteiger partial charge is 0.211 e. The van der Waals surface area contributed by atoms with Crippen LogP contribution in [0.2, 0.25) is 0 Å². The predicted octanol–water partition coefficient (Wildman–Crippen LogP) is 2.25. The summed E-state index contributed by atoms with van der Waals surface area (Å²) in [5.74, 6) is 0.776. The van der Waals surface area contributed by atoms with Gasteiger partial charge in [0, 0.05) is 55.8 Å². The van der Waals surface area contributed by atoms with Gasteiger partial charge in [0.2, 0.25) is 10.0 Å². The first-order chi connectivity index (χ1) is 15.3. The van der Waals surface area contributed by atoms with E-state index >= 15 is 0 Å². The fourth-order valence-corrected chi connectivity index (χ4v) is 6.53. The summed E-state index contributed by atoms with van der Waals surface area (Å²) in [7, 11) is 0.418. The summed E-state index contributed by atoms with van der Waals surface area (Å²) in [6.45, 7) is 2.28. The number of aryl methyl sites for hydroxylation is 1. The standard InChI is InChI=1S/C24H29N3O4S/c1-25-20-11-18(31-2)9-10-19(20)22-23(25)21(13-28)26(12-17-7-5-4-6-8-17)14-24(22)15-27(16-24)32(3,29)30/h4-11,21,28H,12-16H2,1-3H3/t21-/m1/s1. The van der Waals surface area contributed by atoms with Crippen LogP contribution in [-0.4, -0.2) is 66.9 Å². The second kappa shape index (κ2) is 7.59. The number of ether oxygens (including phenoxy) is 1. The zero-order valence-electron chi connectivity index (χ0n) is 18.7. The van der Waals surface area contributed by atoms with E-state index in [2.05, 4.69) is 27.7 Å². The Bertz CT molecular complexity index is 1260. The molecule has 5 rings (SSSR count). The van der Waals surface area contributed by atoms with Crippen LogP contribution in [0.5, 0.6) is 5.75 Å². The molecular weight excluding hydrogens is 426 g/mol. The number of aliphatic hydroxyl groups excluding tert-OH is 1. The van der Waals surface area contributed by atoms with Gasteiger partial charge >= 0.3 is 0 Å². The number of aliphatic hydroxyl groups is 1. The molecule has 0 bridgehead atoms. The van der Waals surface area contributed by atoms with E-state index in [-0.39, 0.29) is 18.1 Å². The normalized spacial score (nSPS) is 20.9. The molecule has 1 aromatic heterocycles. The van der Waals surface area contributed by atoms with Gasteiger partial charge in [-0.05, 0) is 23.3 Å². The van der Waals surface area contributed by atoms with E-state index in [1.165, 1.54) is 17.4 Å². The molecule has 3 aromatic rings. The third-order valence-electron chi connectivity index (χ3n) is 7.07. The third-order valence-corrected chi connectivity index (χ3v) is 8.27. The summed E-state index contributed by atoms with van der Waals surface area (Å²) in [5, 5.41) is 11.6. The van der Waals surface area contributed by atoms with E-state index in [1.807, 2.05) is 37.4 Å². The highest BCUT2D eigenvalue weighted by molar-refractivity contribution is 7.88. The highest BCUT2D eigenvalue weighted by Crippen LogP contribution is 2.50. The molecule has 1 atom stereocenters. The number of sulfonamides is 1. The van der Waals surface area contributed by atoms with Gasteiger partial charge in [0.15, 0.2) is 0 Å². The van der Waals surface area contributed by atoms with Crippen LogP contribution in [-0.2, 0) is 29.0 Å². The van der Waals surface area contributed by atoms with Crippen molar-refractivity contribution in [3.63, 3.8) is 0 Å². The molecule has 1 fully saturated rings. The molecule has 7 nitrogen and oxygen atoms in total. The van der Waals surface area contributed by atoms with Gasteiger partial charge in [0.05, 0.1) is 31.5 Å². The van der Waals surface area contributed by atoms with Crippen LogP contribution < -0.4 is 4.74 Å². The lowest BCUT2D eigenvalue weighted by molar-refractivity contribution is 0.0244. The van der Waals surface area contributed by atoms with E-state index in [1.54, 1.807) is 11.4 Å². The van der Waals surface area contributed by atoms with Crippen LogP contribution in [0.25, 0.3) is 10.9 Å². The van der Waals surface area contributed by atoms with Gasteiger partial charge in [-0.15, -0.1) is 0 Å². The van der Waals surface area contributed by atoms with Crippen LogP contribution in [0.15, 0.2) is 48.5 Å². The highest BCUT2D eigenvalue weighted by atomic mass is 32.2. The third kappa shape index (κ3) is 3.25. The number of methoxy groups -OCH3 is 1. The topological polar surface area (TPSA) is 75.0 Å². The van der Waals surface area contributed by atoms with Crippen molar-refractivity contribution in [3.05, 3.63) is 65.4 Å². The minimum atomic E-state index is -3.26. The fraction of sp³-hybridized carbons (Fsp3) is 0.417. The van der Waals surface area contributed by atoms with Crippen molar-refractivity contribution < 1.29 is 18.3 Å². The van der Waals surface area contributed by atoms with Crippen molar-refractivity contribution in [2.24, 2.45) is 7.05 Å². The second-order valence-corrected chi connectivity index (χ2v) is 11.1. The largest absolute Gasteiger partial charge is 0.497 e. The van der Waals surface area contributed by atoms with E-state index < -0.39 is 10.0 Å². The molecule has 1 N–H and O–H groups in total. The second-order valence-electron chi connectivity index (χ2n) is 9.10.